The molecule has 0 radical (unpaired) electrons. The summed E-state index contributed by atoms with van der Waals surface area (Å²) in [6.45, 7) is 0.855. The van der Waals surface area contributed by atoms with Crippen molar-refractivity contribution in [3.63, 3.8) is 0 Å². The number of rotatable bonds is 2. The molecule has 17 heavy (non-hydrogen) atoms. The Bertz CT molecular complexity index is 387. The van der Waals surface area contributed by atoms with Gasteiger partial charge in [0.2, 0.25) is 0 Å². The average molecular weight is 321 g/mol. The highest BCUT2D eigenvalue weighted by atomic mass is 32.2. The Morgan fingerprint density at radius 2 is 2.18 bits per heavy atom. The third-order valence-corrected chi connectivity index (χ3v) is 8.68. The fourth-order valence-electron chi connectivity index (χ4n) is 1.56. The molecule has 92 valence electrons. The van der Waals surface area contributed by atoms with Gasteiger partial charge in [-0.25, -0.2) is 0 Å². The molecule has 0 saturated heterocycles. The van der Waals surface area contributed by atoms with Crippen molar-refractivity contribution in [2.24, 2.45) is 0 Å². The van der Waals surface area contributed by atoms with Gasteiger partial charge in [-0.2, -0.15) is 0 Å². The monoisotopic (exact) mass is 320 g/mol. The van der Waals surface area contributed by atoms with E-state index in [9.17, 15) is 0 Å². The van der Waals surface area contributed by atoms with Crippen LogP contribution in [0.5, 0.6) is 0 Å². The maximum Gasteiger partial charge on any atom is 0.0918 e. The molecule has 0 aliphatic carbocycles. The van der Waals surface area contributed by atoms with E-state index < -0.39 is 0 Å². The van der Waals surface area contributed by atoms with E-state index in [-0.39, 0.29) is 0 Å². The molecule has 6 heteroatoms. The van der Waals surface area contributed by atoms with Crippen molar-refractivity contribution in [1.82, 2.24) is 0 Å². The van der Waals surface area contributed by atoms with Crippen molar-refractivity contribution in [1.29, 1.82) is 0 Å². The fraction of sp³-hybridized carbons (Fsp3) is 0.455. The Morgan fingerprint density at radius 3 is 2.94 bits per heavy atom. The highest BCUT2D eigenvalue weighted by molar-refractivity contribution is 8.25. The van der Waals surface area contributed by atoms with Crippen LogP contribution in [0.2, 0.25) is 0 Å². The smallest absolute Gasteiger partial charge is 0.0918 e. The molecule has 0 N–H and O–H groups in total. The van der Waals surface area contributed by atoms with Crippen LogP contribution in [-0.4, -0.2) is 22.7 Å². The van der Waals surface area contributed by atoms with Gasteiger partial charge >= 0.3 is 0 Å². The van der Waals surface area contributed by atoms with Crippen molar-refractivity contribution in [3.8, 4) is 0 Å². The third kappa shape index (κ3) is 3.28. The van der Waals surface area contributed by atoms with Gasteiger partial charge in [0.05, 0.1) is 11.2 Å². The second-order valence-electron chi connectivity index (χ2n) is 3.57. The van der Waals surface area contributed by atoms with E-state index in [0.29, 0.717) is 4.58 Å². The Hall–Kier alpha value is 0.930. The van der Waals surface area contributed by atoms with Gasteiger partial charge in [0.25, 0.3) is 0 Å². The predicted octanol–water partition coefficient (Wildman–Crippen LogP) is 4.91. The van der Waals surface area contributed by atoms with E-state index in [1.54, 1.807) is 12.0 Å². The minimum atomic E-state index is 0.517. The lowest BCUT2D eigenvalue weighted by molar-refractivity contribution is 0.379. The van der Waals surface area contributed by atoms with E-state index in [2.05, 4.69) is 16.9 Å². The van der Waals surface area contributed by atoms with E-state index in [1.165, 1.54) is 26.2 Å². The second kappa shape index (κ2) is 6.39. The Kier molecular flexibility index (Phi) is 4.86. The quantitative estimate of drug-likeness (QED) is 0.664. The zero-order valence-corrected chi connectivity index (χ0v) is 13.2. The molecule has 0 spiro atoms. The van der Waals surface area contributed by atoms with Crippen LogP contribution in [0.15, 0.2) is 31.6 Å². The first-order valence-corrected chi connectivity index (χ1v) is 10.00. The van der Waals surface area contributed by atoms with Gasteiger partial charge in [0.1, 0.15) is 0 Å². The Labute approximate surface area is 123 Å². The highest BCUT2D eigenvalue weighted by Gasteiger charge is 2.27. The molecule has 1 unspecified atom stereocenters. The third-order valence-electron chi connectivity index (χ3n) is 2.36. The molecule has 0 aromatic carbocycles. The summed E-state index contributed by atoms with van der Waals surface area (Å²) in [4.78, 5) is 4.29. The van der Waals surface area contributed by atoms with Crippen LogP contribution in [0, 0.1) is 0 Å². The lowest BCUT2D eigenvalue weighted by atomic mass is 10.4. The molecule has 0 aromatic heterocycles. The van der Waals surface area contributed by atoms with Crippen molar-refractivity contribution < 1.29 is 4.18 Å². The average Bonchev–Trinajstić information content (AvgIpc) is 2.90. The van der Waals surface area contributed by atoms with Crippen LogP contribution in [0.4, 0.5) is 0 Å². The Balaban J connectivity index is 1.64. The van der Waals surface area contributed by atoms with E-state index >= 15 is 0 Å². The zero-order chi connectivity index (χ0) is 11.5. The minimum Gasteiger partial charge on any atom is -0.310 e. The van der Waals surface area contributed by atoms with Crippen molar-refractivity contribution in [2.45, 2.75) is 11.0 Å². The molecule has 0 bridgehead atoms. The largest absolute Gasteiger partial charge is 0.310 e. The van der Waals surface area contributed by atoms with E-state index in [1.807, 2.05) is 47.0 Å². The Morgan fingerprint density at radius 1 is 1.18 bits per heavy atom. The van der Waals surface area contributed by atoms with Crippen molar-refractivity contribution in [3.05, 3.63) is 31.6 Å². The standard InChI is InChI=1S/C11H12OS5/c1-2-8(17-12-3-1)11-15-7-10(16-11)9-6-13-4-5-14-9/h2,6-7,11H,1,3-5H2. The molecule has 0 saturated carbocycles. The molecule has 0 amide bonds. The SMILES string of the molecule is C1=C(C2=CSC(C3=CCCOS3)S2)SCCS1. The molecule has 0 aromatic rings. The molecule has 3 heterocycles. The van der Waals surface area contributed by atoms with E-state index in [4.69, 9.17) is 4.18 Å². The molecular weight excluding hydrogens is 308 g/mol. The molecule has 3 aliphatic rings. The predicted molar refractivity (Wildman–Crippen MR) is 86.3 cm³/mol. The van der Waals surface area contributed by atoms with Crippen molar-refractivity contribution in [2.75, 3.05) is 18.1 Å². The summed E-state index contributed by atoms with van der Waals surface area (Å²) in [5, 5.41) is 4.63. The summed E-state index contributed by atoms with van der Waals surface area (Å²) in [5.74, 6) is 2.49. The lowest BCUT2D eigenvalue weighted by Gasteiger charge is -2.17. The molecule has 3 aliphatic heterocycles. The van der Waals surface area contributed by atoms with Crippen LogP contribution in [0.1, 0.15) is 6.42 Å². The first-order valence-electron chi connectivity index (χ1n) is 5.40. The molecular formula is C11H12OS5. The van der Waals surface area contributed by atoms with Gasteiger partial charge in [-0.1, -0.05) is 6.08 Å². The fourth-order valence-corrected chi connectivity index (χ4v) is 7.48. The van der Waals surface area contributed by atoms with Gasteiger partial charge in [-0.15, -0.1) is 47.0 Å². The summed E-state index contributed by atoms with van der Waals surface area (Å²) >= 11 is 9.38. The highest BCUT2D eigenvalue weighted by Crippen LogP contribution is 2.52. The molecule has 0 fully saturated rings. The number of hydrogen-bond donors (Lipinski definition) is 0. The number of thioether (sulfide) groups is 4. The second-order valence-corrected chi connectivity index (χ2v) is 8.98. The van der Waals surface area contributed by atoms with Crippen LogP contribution in [-0.2, 0) is 4.18 Å². The summed E-state index contributed by atoms with van der Waals surface area (Å²) in [7, 11) is 0. The van der Waals surface area contributed by atoms with Gasteiger partial charge in [-0.3, -0.25) is 0 Å². The maximum atomic E-state index is 5.45. The van der Waals surface area contributed by atoms with Crippen molar-refractivity contribution >= 4 is 59.1 Å². The van der Waals surface area contributed by atoms with Crippen LogP contribution in [0.3, 0.4) is 0 Å². The van der Waals surface area contributed by atoms with Gasteiger partial charge in [0, 0.05) is 38.3 Å². The van der Waals surface area contributed by atoms with Crippen LogP contribution in [0.25, 0.3) is 0 Å². The summed E-state index contributed by atoms with van der Waals surface area (Å²) in [6.07, 6.45) is 3.38. The lowest BCUT2D eigenvalue weighted by Crippen LogP contribution is -2.02. The minimum absolute atomic E-state index is 0.517. The number of hydrogen-bond acceptors (Lipinski definition) is 6. The maximum absolute atomic E-state index is 5.45. The zero-order valence-electron chi connectivity index (χ0n) is 9.09. The normalized spacial score (nSPS) is 29.6. The molecule has 1 nitrogen and oxygen atoms in total. The van der Waals surface area contributed by atoms with Crippen LogP contribution >= 0.6 is 59.1 Å². The summed E-state index contributed by atoms with van der Waals surface area (Å²) < 4.78 is 5.97. The summed E-state index contributed by atoms with van der Waals surface area (Å²) in [5.41, 5.74) is 0. The van der Waals surface area contributed by atoms with Gasteiger partial charge in [0.15, 0.2) is 0 Å². The van der Waals surface area contributed by atoms with Gasteiger partial charge < -0.3 is 4.18 Å². The topological polar surface area (TPSA) is 9.23 Å². The van der Waals surface area contributed by atoms with E-state index in [0.717, 1.165) is 13.0 Å². The molecule has 1 atom stereocenters. The molecule has 3 rings (SSSR count). The first-order chi connectivity index (χ1) is 8.43. The summed E-state index contributed by atoms with van der Waals surface area (Å²) in [6, 6.07) is 0. The van der Waals surface area contributed by atoms with Gasteiger partial charge in [-0.05, 0) is 17.2 Å². The van der Waals surface area contributed by atoms with Crippen LogP contribution < -0.4 is 0 Å². The first kappa shape index (κ1) is 12.9.